The van der Waals surface area contributed by atoms with Crippen molar-refractivity contribution in [2.24, 2.45) is 0 Å². The van der Waals surface area contributed by atoms with Gasteiger partial charge in [-0.15, -0.1) is 0 Å². The average Bonchev–Trinajstić information content (AvgIpc) is 3.16. The van der Waals surface area contributed by atoms with Gasteiger partial charge in [0, 0.05) is 23.7 Å². The molecule has 2 aromatic rings. The van der Waals surface area contributed by atoms with Gasteiger partial charge >= 0.3 is 5.97 Å². The van der Waals surface area contributed by atoms with Crippen LogP contribution in [0.5, 0.6) is 0 Å². The Hall–Kier alpha value is -1.81. The van der Waals surface area contributed by atoms with Crippen molar-refractivity contribution in [1.29, 1.82) is 0 Å². The fourth-order valence-electron chi connectivity index (χ4n) is 2.73. The van der Waals surface area contributed by atoms with Crippen molar-refractivity contribution in [3.8, 4) is 0 Å². The zero-order valence-corrected chi connectivity index (χ0v) is 10.9. The van der Waals surface area contributed by atoms with E-state index in [4.69, 9.17) is 9.84 Å². The molecule has 1 aliphatic rings. The summed E-state index contributed by atoms with van der Waals surface area (Å²) in [4.78, 5) is 15.1. The van der Waals surface area contributed by atoms with E-state index in [1.54, 1.807) is 0 Å². The number of rotatable bonds is 4. The van der Waals surface area contributed by atoms with Crippen molar-refractivity contribution in [2.75, 3.05) is 13.7 Å². The van der Waals surface area contributed by atoms with Crippen LogP contribution >= 0.6 is 0 Å². The molecule has 1 saturated carbocycles. The summed E-state index contributed by atoms with van der Waals surface area (Å²) in [7, 11) is 1.44. The molecule has 1 aliphatic carbocycles. The summed E-state index contributed by atoms with van der Waals surface area (Å²) in [5.74, 6) is -0.147. The third-order valence-electron chi connectivity index (χ3n) is 4.03. The number of methoxy groups -OCH3 is 1. The van der Waals surface area contributed by atoms with Crippen LogP contribution in [0.2, 0.25) is 0 Å². The maximum Gasteiger partial charge on any atom is 0.316 e. The van der Waals surface area contributed by atoms with Crippen molar-refractivity contribution in [1.82, 2.24) is 4.98 Å². The van der Waals surface area contributed by atoms with Crippen LogP contribution in [-0.4, -0.2) is 29.8 Å². The average molecular weight is 259 g/mol. The normalized spacial score (nSPS) is 16.5. The van der Waals surface area contributed by atoms with Crippen LogP contribution in [0.15, 0.2) is 24.4 Å². The number of carbonyl (C=O) groups excluding carboxylic acids is 1. The van der Waals surface area contributed by atoms with Crippen molar-refractivity contribution in [3.05, 3.63) is 35.5 Å². The quantitative estimate of drug-likeness (QED) is 0.824. The van der Waals surface area contributed by atoms with Crippen molar-refractivity contribution >= 4 is 16.9 Å². The van der Waals surface area contributed by atoms with Crippen LogP contribution in [-0.2, 0) is 21.4 Å². The van der Waals surface area contributed by atoms with Gasteiger partial charge in [0.25, 0.3) is 0 Å². The summed E-state index contributed by atoms with van der Waals surface area (Å²) < 4.78 is 4.92. The van der Waals surface area contributed by atoms with E-state index in [-0.39, 0.29) is 12.6 Å². The number of ether oxygens (including phenoxy) is 1. The molecule has 3 rings (SSSR count). The predicted molar refractivity (Wildman–Crippen MR) is 72.0 cm³/mol. The molecule has 0 unspecified atom stereocenters. The monoisotopic (exact) mass is 259 g/mol. The van der Waals surface area contributed by atoms with Crippen LogP contribution in [0.3, 0.4) is 0 Å². The Balaban J connectivity index is 2.06. The molecular formula is C15H17NO3. The molecule has 19 heavy (non-hydrogen) atoms. The Kier molecular flexibility index (Phi) is 2.82. The second-order valence-corrected chi connectivity index (χ2v) is 5.12. The molecule has 0 amide bonds. The fourth-order valence-corrected chi connectivity index (χ4v) is 2.73. The molecule has 1 aromatic heterocycles. The third-order valence-corrected chi connectivity index (χ3v) is 4.03. The summed E-state index contributed by atoms with van der Waals surface area (Å²) in [5.41, 5.74) is 2.70. The van der Waals surface area contributed by atoms with Gasteiger partial charge in [0.1, 0.15) is 0 Å². The Morgan fingerprint density at radius 2 is 2.26 bits per heavy atom. The van der Waals surface area contributed by atoms with Crippen molar-refractivity contribution in [3.63, 3.8) is 0 Å². The van der Waals surface area contributed by atoms with Gasteiger partial charge in [0.05, 0.1) is 12.5 Å². The first-order chi connectivity index (χ1) is 9.21. The van der Waals surface area contributed by atoms with Gasteiger partial charge < -0.3 is 14.8 Å². The van der Waals surface area contributed by atoms with E-state index in [9.17, 15) is 4.79 Å². The first-order valence-electron chi connectivity index (χ1n) is 6.51. The molecule has 100 valence electrons. The topological polar surface area (TPSA) is 62.3 Å². The fraction of sp³-hybridized carbons (Fsp3) is 0.400. The van der Waals surface area contributed by atoms with Crippen LogP contribution in [0, 0.1) is 0 Å². The molecule has 1 fully saturated rings. The van der Waals surface area contributed by atoms with Gasteiger partial charge in [0.15, 0.2) is 0 Å². The number of H-pyrrole nitrogens is 1. The van der Waals surface area contributed by atoms with Gasteiger partial charge in [-0.05, 0) is 42.5 Å². The highest BCUT2D eigenvalue weighted by molar-refractivity contribution is 5.90. The lowest BCUT2D eigenvalue weighted by Gasteiger charge is -2.13. The number of hydrogen-bond donors (Lipinski definition) is 2. The second kappa shape index (κ2) is 4.38. The van der Waals surface area contributed by atoms with Crippen LogP contribution in [0.4, 0.5) is 0 Å². The highest BCUT2D eigenvalue weighted by atomic mass is 16.5. The minimum absolute atomic E-state index is 0.124. The van der Waals surface area contributed by atoms with E-state index in [0.29, 0.717) is 6.42 Å². The lowest BCUT2D eigenvalue weighted by Crippen LogP contribution is -2.21. The minimum atomic E-state index is -0.434. The molecule has 0 saturated heterocycles. The smallest absolute Gasteiger partial charge is 0.316 e. The number of aromatic amines is 1. The number of fused-ring (bicyclic) bond motifs is 1. The molecule has 0 aliphatic heterocycles. The highest BCUT2D eigenvalue weighted by Crippen LogP contribution is 2.49. The molecule has 1 heterocycles. The summed E-state index contributed by atoms with van der Waals surface area (Å²) in [6.07, 6.45) is 4.24. The van der Waals surface area contributed by atoms with Crippen LogP contribution < -0.4 is 0 Å². The standard InChI is InChI=1S/C15H17NO3/c1-19-14(18)15(5-6-15)11-2-3-13-12(8-11)10(4-7-17)9-16-13/h2-3,8-9,16-17H,4-7H2,1H3. The molecule has 1 aromatic carbocycles. The maximum atomic E-state index is 11.9. The number of aliphatic hydroxyl groups excluding tert-OH is 1. The zero-order valence-electron chi connectivity index (χ0n) is 10.9. The number of aromatic nitrogens is 1. The summed E-state index contributed by atoms with van der Waals surface area (Å²) >= 11 is 0. The maximum absolute atomic E-state index is 11.9. The summed E-state index contributed by atoms with van der Waals surface area (Å²) in [5, 5.41) is 10.2. The number of nitrogens with one attached hydrogen (secondary N) is 1. The minimum Gasteiger partial charge on any atom is -0.468 e. The number of esters is 1. The van der Waals surface area contributed by atoms with E-state index in [1.807, 2.05) is 18.3 Å². The summed E-state index contributed by atoms with van der Waals surface area (Å²) in [6, 6.07) is 6.04. The van der Waals surface area contributed by atoms with E-state index >= 15 is 0 Å². The zero-order chi connectivity index (χ0) is 13.5. The molecule has 0 atom stereocenters. The Morgan fingerprint density at radius 1 is 1.47 bits per heavy atom. The van der Waals surface area contributed by atoms with Crippen LogP contribution in [0.25, 0.3) is 10.9 Å². The summed E-state index contributed by atoms with van der Waals surface area (Å²) in [6.45, 7) is 0.124. The van der Waals surface area contributed by atoms with Crippen molar-refractivity contribution in [2.45, 2.75) is 24.7 Å². The first-order valence-corrected chi connectivity index (χ1v) is 6.51. The number of carbonyl (C=O) groups is 1. The molecule has 0 radical (unpaired) electrons. The largest absolute Gasteiger partial charge is 0.468 e. The van der Waals surface area contributed by atoms with E-state index in [2.05, 4.69) is 11.1 Å². The molecule has 0 spiro atoms. The molecule has 4 heteroatoms. The molecule has 4 nitrogen and oxygen atoms in total. The van der Waals surface area contributed by atoms with E-state index < -0.39 is 5.41 Å². The molecule has 0 bridgehead atoms. The van der Waals surface area contributed by atoms with E-state index in [0.717, 1.165) is 34.9 Å². The Morgan fingerprint density at radius 3 is 2.89 bits per heavy atom. The Bertz CT molecular complexity index is 625. The third kappa shape index (κ3) is 1.83. The number of benzene rings is 1. The number of hydrogen-bond acceptors (Lipinski definition) is 3. The van der Waals surface area contributed by atoms with Gasteiger partial charge in [-0.3, -0.25) is 4.79 Å². The van der Waals surface area contributed by atoms with Gasteiger partial charge in [0.2, 0.25) is 0 Å². The molecule has 2 N–H and O–H groups in total. The van der Waals surface area contributed by atoms with E-state index in [1.165, 1.54) is 7.11 Å². The predicted octanol–water partition coefficient (Wildman–Crippen LogP) is 1.91. The van der Waals surface area contributed by atoms with Crippen LogP contribution in [0.1, 0.15) is 24.0 Å². The lowest BCUT2D eigenvalue weighted by atomic mass is 9.94. The van der Waals surface area contributed by atoms with Gasteiger partial charge in [-0.2, -0.15) is 0 Å². The Labute approximate surface area is 111 Å². The lowest BCUT2D eigenvalue weighted by molar-refractivity contribution is -0.143. The SMILES string of the molecule is COC(=O)C1(c2ccc3[nH]cc(CCO)c3c2)CC1. The number of aliphatic hydroxyl groups is 1. The first kappa shape index (κ1) is 12.2. The van der Waals surface area contributed by atoms with Crippen molar-refractivity contribution < 1.29 is 14.6 Å². The highest BCUT2D eigenvalue weighted by Gasteiger charge is 2.52. The second-order valence-electron chi connectivity index (χ2n) is 5.12. The van der Waals surface area contributed by atoms with Gasteiger partial charge in [-0.1, -0.05) is 6.07 Å². The molecular weight excluding hydrogens is 242 g/mol. The van der Waals surface area contributed by atoms with Gasteiger partial charge in [-0.25, -0.2) is 0 Å².